The van der Waals surface area contributed by atoms with Gasteiger partial charge >= 0.3 is 6.18 Å². The molecule has 0 amide bonds. The number of thiophene rings is 1. The first kappa shape index (κ1) is 10.5. The summed E-state index contributed by atoms with van der Waals surface area (Å²) in [6.45, 7) is 0. The molecule has 1 aromatic rings. The number of alkyl halides is 4. The molecule has 1 aromatic heterocycles. The monoisotopic (exact) mass is 228 g/mol. The Morgan fingerprint density at radius 1 is 1.54 bits per heavy atom. The van der Waals surface area contributed by atoms with Crippen LogP contribution in [0.4, 0.5) is 13.2 Å². The molecule has 0 unspecified atom stereocenters. The zero-order valence-electron chi connectivity index (χ0n) is 6.19. The predicted molar refractivity (Wildman–Crippen MR) is 44.4 cm³/mol. The molecule has 0 N–H and O–H groups in total. The molecule has 0 atom stereocenters. The summed E-state index contributed by atoms with van der Waals surface area (Å²) in [5, 5.41) is 1.16. The highest BCUT2D eigenvalue weighted by Crippen LogP contribution is 2.34. The minimum atomic E-state index is -4.38. The van der Waals surface area contributed by atoms with Gasteiger partial charge in [-0.3, -0.25) is 4.79 Å². The molecule has 0 aliphatic heterocycles. The van der Waals surface area contributed by atoms with E-state index in [4.69, 9.17) is 11.6 Å². The van der Waals surface area contributed by atoms with Crippen LogP contribution in [-0.4, -0.2) is 11.7 Å². The zero-order valence-corrected chi connectivity index (χ0v) is 7.76. The third kappa shape index (κ3) is 2.45. The van der Waals surface area contributed by atoms with E-state index in [0.29, 0.717) is 11.3 Å². The largest absolute Gasteiger partial charge is 0.425 e. The standard InChI is InChI=1S/C7H4ClF3OS/c8-2-5(12)4-1-6(13-3-4)7(9,10)11/h1,3H,2H2. The Kier molecular flexibility index (Phi) is 2.98. The Hall–Kier alpha value is -0.550. The van der Waals surface area contributed by atoms with Crippen molar-refractivity contribution in [1.82, 2.24) is 0 Å². The molecule has 13 heavy (non-hydrogen) atoms. The van der Waals surface area contributed by atoms with Gasteiger partial charge in [0.25, 0.3) is 0 Å². The summed E-state index contributed by atoms with van der Waals surface area (Å²) in [7, 11) is 0. The van der Waals surface area contributed by atoms with Gasteiger partial charge in [-0.25, -0.2) is 0 Å². The Morgan fingerprint density at radius 2 is 2.15 bits per heavy atom. The first-order valence-corrected chi connectivity index (χ1v) is 4.61. The fraction of sp³-hybridized carbons (Fsp3) is 0.286. The first-order chi connectivity index (χ1) is 5.95. The Balaban J connectivity index is 2.93. The van der Waals surface area contributed by atoms with Gasteiger partial charge in [-0.2, -0.15) is 13.2 Å². The normalized spacial score (nSPS) is 11.7. The third-order valence-electron chi connectivity index (χ3n) is 1.32. The van der Waals surface area contributed by atoms with Crippen LogP contribution >= 0.6 is 22.9 Å². The van der Waals surface area contributed by atoms with E-state index in [0.717, 1.165) is 11.4 Å². The average Bonchev–Trinajstić information content (AvgIpc) is 2.50. The van der Waals surface area contributed by atoms with Crippen LogP contribution in [0, 0.1) is 0 Å². The molecule has 72 valence electrons. The molecule has 0 saturated carbocycles. The second-order valence-corrected chi connectivity index (χ2v) is 3.43. The Labute approximate surface area is 81.1 Å². The highest BCUT2D eigenvalue weighted by atomic mass is 35.5. The lowest BCUT2D eigenvalue weighted by Crippen LogP contribution is -2.02. The van der Waals surface area contributed by atoms with Gasteiger partial charge in [-0.05, 0) is 6.07 Å². The van der Waals surface area contributed by atoms with Crippen LogP contribution in [0.15, 0.2) is 11.4 Å². The Bertz CT molecular complexity index is 318. The molecule has 0 bridgehead atoms. The molecule has 6 heteroatoms. The van der Waals surface area contributed by atoms with Crippen molar-refractivity contribution >= 4 is 28.7 Å². The summed E-state index contributed by atoms with van der Waals surface area (Å²) in [6, 6.07) is 0.815. The van der Waals surface area contributed by atoms with E-state index >= 15 is 0 Å². The van der Waals surface area contributed by atoms with Gasteiger partial charge in [-0.1, -0.05) is 0 Å². The van der Waals surface area contributed by atoms with Crippen molar-refractivity contribution in [1.29, 1.82) is 0 Å². The topological polar surface area (TPSA) is 17.1 Å². The van der Waals surface area contributed by atoms with Gasteiger partial charge in [0.2, 0.25) is 0 Å². The molecule has 1 nitrogen and oxygen atoms in total. The molecular formula is C7H4ClF3OS. The van der Waals surface area contributed by atoms with Gasteiger partial charge in [0, 0.05) is 10.9 Å². The summed E-state index contributed by atoms with van der Waals surface area (Å²) >= 11 is 5.68. The van der Waals surface area contributed by atoms with E-state index in [9.17, 15) is 18.0 Å². The fourth-order valence-electron chi connectivity index (χ4n) is 0.708. The second-order valence-electron chi connectivity index (χ2n) is 2.25. The van der Waals surface area contributed by atoms with Crippen LogP contribution in [0.3, 0.4) is 0 Å². The number of rotatable bonds is 2. The van der Waals surface area contributed by atoms with E-state index in [1.54, 1.807) is 0 Å². The maximum Gasteiger partial charge on any atom is 0.425 e. The highest BCUT2D eigenvalue weighted by molar-refractivity contribution is 7.10. The van der Waals surface area contributed by atoms with Gasteiger partial charge in [0.1, 0.15) is 4.88 Å². The quantitative estimate of drug-likeness (QED) is 0.561. The molecule has 1 heterocycles. The van der Waals surface area contributed by atoms with E-state index in [2.05, 4.69) is 0 Å². The minimum absolute atomic E-state index is 0.0207. The molecule has 0 aliphatic carbocycles. The van der Waals surface area contributed by atoms with Crippen molar-refractivity contribution in [2.45, 2.75) is 6.18 Å². The number of Topliss-reactive ketones (excluding diaryl/α,β-unsaturated/α-hetero) is 1. The van der Waals surface area contributed by atoms with Crippen molar-refractivity contribution in [3.8, 4) is 0 Å². The summed E-state index contributed by atoms with van der Waals surface area (Å²) < 4.78 is 36.1. The maximum atomic E-state index is 12.0. The van der Waals surface area contributed by atoms with Crippen molar-refractivity contribution in [3.05, 3.63) is 21.9 Å². The van der Waals surface area contributed by atoms with Gasteiger partial charge in [0.05, 0.1) is 5.88 Å². The van der Waals surface area contributed by atoms with Crippen LogP contribution in [-0.2, 0) is 6.18 Å². The SMILES string of the molecule is O=C(CCl)c1csc(C(F)(F)F)c1. The van der Waals surface area contributed by atoms with Crippen LogP contribution in [0.2, 0.25) is 0 Å². The lowest BCUT2D eigenvalue weighted by molar-refractivity contribution is -0.134. The van der Waals surface area contributed by atoms with Gasteiger partial charge in [0.15, 0.2) is 5.78 Å². The van der Waals surface area contributed by atoms with E-state index in [1.807, 2.05) is 0 Å². The lowest BCUT2D eigenvalue weighted by atomic mass is 10.2. The molecule has 0 spiro atoms. The maximum absolute atomic E-state index is 12.0. The molecule has 1 rings (SSSR count). The van der Waals surface area contributed by atoms with Crippen LogP contribution in [0.1, 0.15) is 15.2 Å². The third-order valence-corrected chi connectivity index (χ3v) is 2.54. The highest BCUT2D eigenvalue weighted by Gasteiger charge is 2.32. The molecule has 0 aliphatic rings. The minimum Gasteiger partial charge on any atom is -0.293 e. The van der Waals surface area contributed by atoms with E-state index in [-0.39, 0.29) is 11.4 Å². The summed E-state index contributed by atoms with van der Waals surface area (Å²) in [4.78, 5) is 10.1. The van der Waals surface area contributed by atoms with Crippen molar-refractivity contribution in [3.63, 3.8) is 0 Å². The van der Waals surface area contributed by atoms with Crippen molar-refractivity contribution in [2.75, 3.05) is 5.88 Å². The second kappa shape index (κ2) is 3.67. The number of ketones is 1. The number of carbonyl (C=O) groups is 1. The van der Waals surface area contributed by atoms with E-state index < -0.39 is 16.8 Å². The van der Waals surface area contributed by atoms with E-state index in [1.165, 1.54) is 0 Å². The van der Waals surface area contributed by atoms with Gasteiger partial charge < -0.3 is 0 Å². The summed E-state index contributed by atoms with van der Waals surface area (Å²) in [5.74, 6) is -0.790. The average molecular weight is 229 g/mol. The number of carbonyl (C=O) groups excluding carboxylic acids is 1. The molecule has 0 radical (unpaired) electrons. The zero-order chi connectivity index (χ0) is 10.1. The Morgan fingerprint density at radius 3 is 2.54 bits per heavy atom. The van der Waals surface area contributed by atoms with Crippen LogP contribution in [0.25, 0.3) is 0 Å². The first-order valence-electron chi connectivity index (χ1n) is 3.20. The molecular weight excluding hydrogens is 225 g/mol. The number of halogens is 4. The number of hydrogen-bond donors (Lipinski definition) is 0. The fourth-order valence-corrected chi connectivity index (χ4v) is 1.64. The molecule has 0 aromatic carbocycles. The lowest BCUT2D eigenvalue weighted by Gasteiger charge is -2.00. The van der Waals surface area contributed by atoms with Crippen LogP contribution < -0.4 is 0 Å². The van der Waals surface area contributed by atoms with Crippen LogP contribution in [0.5, 0.6) is 0 Å². The van der Waals surface area contributed by atoms with Gasteiger partial charge in [-0.15, -0.1) is 22.9 Å². The summed E-state index contributed by atoms with van der Waals surface area (Å²) in [5.41, 5.74) is 0.0207. The summed E-state index contributed by atoms with van der Waals surface area (Å²) in [6.07, 6.45) is -4.38. The van der Waals surface area contributed by atoms with Crippen molar-refractivity contribution in [2.24, 2.45) is 0 Å². The predicted octanol–water partition coefficient (Wildman–Crippen LogP) is 3.19. The smallest absolute Gasteiger partial charge is 0.293 e. The van der Waals surface area contributed by atoms with Crippen molar-refractivity contribution < 1.29 is 18.0 Å². The molecule has 0 fully saturated rings. The molecule has 0 saturated heterocycles. The number of hydrogen-bond acceptors (Lipinski definition) is 2.